The second-order valence-electron chi connectivity index (χ2n) is 8.96. The molecule has 2 heterocycles. The highest BCUT2D eigenvalue weighted by Gasteiger charge is 2.11. The average molecular weight is 573 g/mol. The molecule has 1 N–H and O–H groups in total. The number of benzene rings is 3. The van der Waals surface area contributed by atoms with Gasteiger partial charge in [0.05, 0.1) is 30.0 Å². The Labute approximate surface area is 236 Å². The van der Waals surface area contributed by atoms with Gasteiger partial charge in [0, 0.05) is 22.0 Å². The third kappa shape index (κ3) is 7.02. The highest BCUT2D eigenvalue weighted by Crippen LogP contribution is 2.27. The summed E-state index contributed by atoms with van der Waals surface area (Å²) in [5, 5.41) is 13.6. The van der Waals surface area contributed by atoms with Crippen molar-refractivity contribution >= 4 is 49.1 Å². The first kappa shape index (κ1) is 27.7. The fourth-order valence-electron chi connectivity index (χ4n) is 4.14. The molecule has 0 aliphatic rings. The smallest absolute Gasteiger partial charge is 0.264 e. The number of fused-ring (bicyclic) bond motifs is 2. The van der Waals surface area contributed by atoms with Gasteiger partial charge in [-0.15, -0.1) is 0 Å². The zero-order valence-electron chi connectivity index (χ0n) is 22.2. The number of oxime groups is 1. The molecule has 12 heteroatoms. The zero-order chi connectivity index (χ0) is 28.8. The molecule has 0 spiro atoms. The number of halogens is 1. The van der Waals surface area contributed by atoms with E-state index in [1.807, 2.05) is 47.1 Å². The molecule has 5 rings (SSSR count). The Balaban J connectivity index is 1.38. The molecule has 0 bridgehead atoms. The fraction of sp³-hybridized carbons (Fsp3) is 0.172. The molecule has 0 unspecified atom stereocenters. The molecule has 5 aromatic rings. The first-order valence-corrected chi connectivity index (χ1v) is 14.3. The lowest BCUT2D eigenvalue weighted by Gasteiger charge is -2.10. The molecule has 2 aromatic heterocycles. The lowest BCUT2D eigenvalue weighted by molar-refractivity contribution is 0.110. The molecular formula is C29H25FN6O4S. The Morgan fingerprint density at radius 1 is 1.10 bits per heavy atom. The van der Waals surface area contributed by atoms with Crippen LogP contribution < -0.4 is 5.32 Å². The maximum Gasteiger partial charge on any atom is 0.264 e. The molecule has 0 fully saturated rings. The zero-order valence-corrected chi connectivity index (χ0v) is 23.0. The normalized spacial score (nSPS) is 11.8. The molecule has 0 saturated carbocycles. The average Bonchev–Trinajstić information content (AvgIpc) is 3.33. The van der Waals surface area contributed by atoms with Crippen LogP contribution in [0.4, 0.5) is 15.9 Å². The minimum atomic E-state index is -3.56. The Hall–Kier alpha value is -4.86. The van der Waals surface area contributed by atoms with E-state index in [1.165, 1.54) is 18.5 Å². The van der Waals surface area contributed by atoms with Crippen molar-refractivity contribution in [2.45, 2.75) is 13.5 Å². The SMILES string of the molecule is CC#C/C(=N\OCCOS(C)(=O)=O)c1ccc2ncnc(Nc3ccc4c(cnn4Cc4cccc(F)c4)c3)c2c1. The molecule has 41 heavy (non-hydrogen) atoms. The number of hydrogen-bond acceptors (Lipinski definition) is 9. The Bertz CT molecular complexity index is 1930. The first-order chi connectivity index (χ1) is 19.8. The van der Waals surface area contributed by atoms with Crippen LogP contribution in [0.3, 0.4) is 0 Å². The van der Waals surface area contributed by atoms with Gasteiger partial charge in [0.2, 0.25) is 0 Å². The number of aromatic nitrogens is 4. The monoisotopic (exact) mass is 572 g/mol. The second-order valence-corrected chi connectivity index (χ2v) is 10.6. The van der Waals surface area contributed by atoms with Gasteiger partial charge >= 0.3 is 0 Å². The van der Waals surface area contributed by atoms with Crippen molar-refractivity contribution in [3.05, 3.63) is 90.1 Å². The number of anilines is 2. The van der Waals surface area contributed by atoms with Crippen molar-refractivity contribution in [3.8, 4) is 11.8 Å². The maximum absolute atomic E-state index is 13.6. The maximum atomic E-state index is 13.6. The van der Waals surface area contributed by atoms with Gasteiger partial charge in [-0.3, -0.25) is 8.86 Å². The van der Waals surface area contributed by atoms with Crippen LogP contribution in [0.25, 0.3) is 21.8 Å². The summed E-state index contributed by atoms with van der Waals surface area (Å²) in [6.45, 7) is 1.90. The molecule has 0 aliphatic heterocycles. The molecule has 208 valence electrons. The second kappa shape index (κ2) is 12.1. The van der Waals surface area contributed by atoms with Crippen molar-refractivity contribution in [3.63, 3.8) is 0 Å². The lowest BCUT2D eigenvalue weighted by atomic mass is 10.1. The highest BCUT2D eigenvalue weighted by molar-refractivity contribution is 7.85. The van der Waals surface area contributed by atoms with Crippen LogP contribution in [0.2, 0.25) is 0 Å². The Morgan fingerprint density at radius 2 is 1.98 bits per heavy atom. The minimum Gasteiger partial charge on any atom is -0.392 e. The van der Waals surface area contributed by atoms with Crippen LogP contribution in [-0.2, 0) is 25.7 Å². The molecule has 0 atom stereocenters. The van der Waals surface area contributed by atoms with Crippen LogP contribution in [-0.4, -0.2) is 53.3 Å². The van der Waals surface area contributed by atoms with Crippen LogP contribution in [0.5, 0.6) is 0 Å². The van der Waals surface area contributed by atoms with E-state index >= 15 is 0 Å². The predicted octanol–water partition coefficient (Wildman–Crippen LogP) is 4.63. The van der Waals surface area contributed by atoms with E-state index in [-0.39, 0.29) is 19.0 Å². The Kier molecular flexibility index (Phi) is 8.19. The summed E-state index contributed by atoms with van der Waals surface area (Å²) in [5.41, 5.74) is 4.27. The summed E-state index contributed by atoms with van der Waals surface area (Å²) >= 11 is 0. The van der Waals surface area contributed by atoms with Crippen molar-refractivity contribution in [2.24, 2.45) is 5.16 Å². The number of nitrogens with one attached hydrogen (secondary N) is 1. The summed E-state index contributed by atoms with van der Waals surface area (Å²) in [4.78, 5) is 14.1. The number of nitrogens with zero attached hydrogens (tertiary/aromatic N) is 5. The van der Waals surface area contributed by atoms with Gasteiger partial charge < -0.3 is 10.2 Å². The van der Waals surface area contributed by atoms with E-state index in [0.717, 1.165) is 33.8 Å². The van der Waals surface area contributed by atoms with E-state index in [9.17, 15) is 12.8 Å². The van der Waals surface area contributed by atoms with E-state index in [2.05, 4.69) is 41.6 Å². The largest absolute Gasteiger partial charge is 0.392 e. The van der Waals surface area contributed by atoms with Gasteiger partial charge in [0.25, 0.3) is 10.1 Å². The van der Waals surface area contributed by atoms with Gasteiger partial charge in [-0.25, -0.2) is 14.4 Å². The van der Waals surface area contributed by atoms with Crippen LogP contribution in [0.1, 0.15) is 18.1 Å². The lowest BCUT2D eigenvalue weighted by Crippen LogP contribution is -2.09. The van der Waals surface area contributed by atoms with Crippen molar-refractivity contribution in [1.29, 1.82) is 0 Å². The van der Waals surface area contributed by atoms with Crippen LogP contribution >= 0.6 is 0 Å². The van der Waals surface area contributed by atoms with E-state index in [0.29, 0.717) is 29.2 Å². The molecule has 0 aliphatic carbocycles. The topological polar surface area (TPSA) is 121 Å². The summed E-state index contributed by atoms with van der Waals surface area (Å²) in [6, 6.07) is 17.8. The van der Waals surface area contributed by atoms with Crippen molar-refractivity contribution in [1.82, 2.24) is 19.7 Å². The van der Waals surface area contributed by atoms with Crippen molar-refractivity contribution < 1.29 is 21.8 Å². The van der Waals surface area contributed by atoms with Crippen LogP contribution in [0, 0.1) is 17.7 Å². The fourth-order valence-corrected chi connectivity index (χ4v) is 4.51. The van der Waals surface area contributed by atoms with E-state index in [4.69, 9.17) is 4.84 Å². The number of hydrogen-bond donors (Lipinski definition) is 1. The van der Waals surface area contributed by atoms with Gasteiger partial charge in [-0.2, -0.15) is 13.5 Å². The molecule has 0 radical (unpaired) electrons. The molecule has 10 nitrogen and oxygen atoms in total. The first-order valence-electron chi connectivity index (χ1n) is 12.5. The van der Waals surface area contributed by atoms with Gasteiger partial charge in [0.1, 0.15) is 31.2 Å². The third-order valence-corrected chi connectivity index (χ3v) is 6.50. The molecule has 3 aromatic carbocycles. The predicted molar refractivity (Wildman–Crippen MR) is 155 cm³/mol. The highest BCUT2D eigenvalue weighted by atomic mass is 32.2. The van der Waals surface area contributed by atoms with E-state index in [1.54, 1.807) is 19.2 Å². The molecule has 0 amide bonds. The summed E-state index contributed by atoms with van der Waals surface area (Å²) in [7, 11) is -3.56. The summed E-state index contributed by atoms with van der Waals surface area (Å²) in [5.74, 6) is 6.02. The van der Waals surface area contributed by atoms with Crippen LogP contribution in [0.15, 0.2) is 78.3 Å². The third-order valence-electron chi connectivity index (χ3n) is 5.91. The number of rotatable bonds is 10. The molecule has 0 saturated heterocycles. The van der Waals surface area contributed by atoms with Gasteiger partial charge in [-0.05, 0) is 66.9 Å². The Morgan fingerprint density at radius 3 is 2.78 bits per heavy atom. The van der Waals surface area contributed by atoms with Crippen molar-refractivity contribution in [2.75, 3.05) is 24.8 Å². The summed E-state index contributed by atoms with van der Waals surface area (Å²) < 4.78 is 42.3. The quantitative estimate of drug-likeness (QED) is 0.0846. The van der Waals surface area contributed by atoms with Gasteiger partial charge in [-0.1, -0.05) is 23.2 Å². The molecular weight excluding hydrogens is 547 g/mol. The van der Waals surface area contributed by atoms with Gasteiger partial charge in [0.15, 0.2) is 5.71 Å². The standard InChI is InChI=1S/C29H25FN6O4S/c1-3-5-26(35-39-12-13-40-41(2,37)38)21-8-10-27-25(16-21)29(32-19-31-27)34-24-9-11-28-22(15-24)17-33-36(28)18-20-6-4-7-23(30)14-20/h4,6-11,14-17,19H,12-13,18H2,1-2H3,(H,31,32,34)/b35-26+. The minimum absolute atomic E-state index is 0.0627. The summed E-state index contributed by atoms with van der Waals surface area (Å²) in [6.07, 6.45) is 4.21. The van der Waals surface area contributed by atoms with E-state index < -0.39 is 10.1 Å².